The molecule has 0 N–H and O–H groups in total. The van der Waals surface area contributed by atoms with Crippen LogP contribution in [0.4, 0.5) is 10.5 Å². The monoisotopic (exact) mass is 430 g/mol. The Bertz CT molecular complexity index is 1080. The first-order chi connectivity index (χ1) is 14.4. The predicted molar refractivity (Wildman–Crippen MR) is 105 cm³/mol. The van der Waals surface area contributed by atoms with Crippen LogP contribution >= 0.6 is 0 Å². The summed E-state index contributed by atoms with van der Waals surface area (Å²) < 4.78 is 38.7. The standard InChI is InChI=1S/C20H18N2O7S/c23-20-28-18-8-4-7-17(19(18)29-20)21(13-14-5-2-1-3-6-14)30(26,27)16-11-9-15(10-12-16)22(24)25/h1-6,8-12,17-19H,7,13H2/t17-,18+,19-/m1/s1. The van der Waals surface area contributed by atoms with E-state index in [1.165, 1.54) is 16.4 Å². The van der Waals surface area contributed by atoms with Gasteiger partial charge in [0.2, 0.25) is 10.0 Å². The zero-order valence-electron chi connectivity index (χ0n) is 15.7. The molecule has 2 aliphatic rings. The molecule has 0 saturated carbocycles. The van der Waals surface area contributed by atoms with Crippen LogP contribution < -0.4 is 0 Å². The molecule has 0 bridgehead atoms. The van der Waals surface area contributed by atoms with Crippen LogP contribution in [0.25, 0.3) is 0 Å². The second-order valence-electron chi connectivity index (χ2n) is 6.93. The summed E-state index contributed by atoms with van der Waals surface area (Å²) in [7, 11) is -4.07. The van der Waals surface area contributed by atoms with Gasteiger partial charge in [-0.3, -0.25) is 10.1 Å². The second kappa shape index (κ2) is 7.88. The van der Waals surface area contributed by atoms with Crippen LogP contribution in [-0.4, -0.2) is 42.1 Å². The number of nitro benzene ring substituents is 1. The highest BCUT2D eigenvalue weighted by molar-refractivity contribution is 7.89. The molecule has 2 aromatic carbocycles. The van der Waals surface area contributed by atoms with Gasteiger partial charge < -0.3 is 9.47 Å². The Balaban J connectivity index is 1.74. The summed E-state index contributed by atoms with van der Waals surface area (Å²) >= 11 is 0. The number of fused-ring (bicyclic) bond motifs is 1. The molecule has 1 heterocycles. The summed E-state index contributed by atoms with van der Waals surface area (Å²) in [5.74, 6) is 0. The van der Waals surface area contributed by atoms with Crippen molar-refractivity contribution in [3.8, 4) is 0 Å². The highest BCUT2D eigenvalue weighted by Gasteiger charge is 2.47. The molecule has 156 valence electrons. The van der Waals surface area contributed by atoms with Crippen molar-refractivity contribution in [2.24, 2.45) is 0 Å². The Morgan fingerprint density at radius 3 is 2.43 bits per heavy atom. The molecular formula is C20H18N2O7S. The van der Waals surface area contributed by atoms with E-state index in [4.69, 9.17) is 9.47 Å². The van der Waals surface area contributed by atoms with Gasteiger partial charge >= 0.3 is 6.16 Å². The Labute approximate surface area is 172 Å². The summed E-state index contributed by atoms with van der Waals surface area (Å²) in [6, 6.07) is 13.0. The number of ether oxygens (including phenoxy) is 2. The largest absolute Gasteiger partial charge is 0.509 e. The van der Waals surface area contributed by atoms with Gasteiger partial charge in [-0.15, -0.1) is 0 Å². The van der Waals surface area contributed by atoms with Gasteiger partial charge in [-0.1, -0.05) is 36.4 Å². The van der Waals surface area contributed by atoms with Crippen LogP contribution in [0.3, 0.4) is 0 Å². The molecule has 1 saturated heterocycles. The van der Waals surface area contributed by atoms with Gasteiger partial charge in [0.15, 0.2) is 12.2 Å². The molecule has 0 aromatic heterocycles. The lowest BCUT2D eigenvalue weighted by atomic mass is 9.96. The topological polar surface area (TPSA) is 116 Å². The summed E-state index contributed by atoms with van der Waals surface area (Å²) in [5, 5.41) is 10.9. The van der Waals surface area contributed by atoms with Crippen LogP contribution in [0, 0.1) is 10.1 Å². The maximum atomic E-state index is 13.5. The van der Waals surface area contributed by atoms with E-state index < -0.39 is 39.4 Å². The molecule has 0 spiro atoms. The zero-order valence-corrected chi connectivity index (χ0v) is 16.5. The molecule has 0 unspecified atom stereocenters. The summed E-state index contributed by atoms with van der Waals surface area (Å²) in [6.45, 7) is 0.0411. The molecule has 2 aromatic rings. The van der Waals surface area contributed by atoms with Gasteiger partial charge in [-0.25, -0.2) is 13.2 Å². The highest BCUT2D eigenvalue weighted by Crippen LogP contribution is 2.33. The summed E-state index contributed by atoms with van der Waals surface area (Å²) in [4.78, 5) is 21.9. The summed E-state index contributed by atoms with van der Waals surface area (Å²) in [6.07, 6.45) is 1.49. The quantitative estimate of drug-likeness (QED) is 0.299. The minimum absolute atomic E-state index is 0.0411. The first-order valence-corrected chi connectivity index (χ1v) is 10.6. The van der Waals surface area contributed by atoms with E-state index in [2.05, 4.69) is 0 Å². The molecule has 30 heavy (non-hydrogen) atoms. The number of carbonyl (C=O) groups excluding carboxylic acids is 1. The predicted octanol–water partition coefficient (Wildman–Crippen LogP) is 3.02. The molecule has 1 fully saturated rings. The van der Waals surface area contributed by atoms with Crippen LogP contribution in [0.15, 0.2) is 71.6 Å². The highest BCUT2D eigenvalue weighted by atomic mass is 32.2. The molecule has 3 atom stereocenters. The fraction of sp³-hybridized carbons (Fsp3) is 0.250. The van der Waals surface area contributed by atoms with E-state index in [0.29, 0.717) is 6.42 Å². The minimum atomic E-state index is -4.07. The Morgan fingerprint density at radius 1 is 1.07 bits per heavy atom. The summed E-state index contributed by atoms with van der Waals surface area (Å²) in [5.41, 5.74) is 0.543. The van der Waals surface area contributed by atoms with Crippen molar-refractivity contribution in [1.82, 2.24) is 4.31 Å². The number of carbonyl (C=O) groups is 1. The molecule has 9 nitrogen and oxygen atoms in total. The molecule has 10 heteroatoms. The van der Waals surface area contributed by atoms with Gasteiger partial charge in [0.25, 0.3) is 5.69 Å². The fourth-order valence-electron chi connectivity index (χ4n) is 3.62. The maximum absolute atomic E-state index is 13.5. The van der Waals surface area contributed by atoms with Crippen LogP contribution in [0.5, 0.6) is 0 Å². The molecule has 4 rings (SSSR count). The number of non-ortho nitro benzene ring substituents is 1. The molecule has 0 amide bonds. The number of hydrogen-bond donors (Lipinski definition) is 0. The van der Waals surface area contributed by atoms with Crippen molar-refractivity contribution >= 4 is 21.9 Å². The first-order valence-electron chi connectivity index (χ1n) is 9.20. The SMILES string of the molecule is O=C1O[C@H]2[C@H](C=CC[C@H]2N(Cc2ccccc2)S(=O)(=O)c2ccc([N+](=O)[O-])cc2)O1. The maximum Gasteiger partial charge on any atom is 0.509 e. The van der Waals surface area contributed by atoms with E-state index in [-0.39, 0.29) is 17.1 Å². The van der Waals surface area contributed by atoms with Gasteiger partial charge in [0.1, 0.15) is 0 Å². The van der Waals surface area contributed by atoms with Crippen LogP contribution in [-0.2, 0) is 26.0 Å². The average molecular weight is 430 g/mol. The van der Waals surface area contributed by atoms with E-state index in [9.17, 15) is 23.3 Å². The number of benzene rings is 2. The van der Waals surface area contributed by atoms with Crippen molar-refractivity contribution in [3.63, 3.8) is 0 Å². The van der Waals surface area contributed by atoms with Crippen molar-refractivity contribution in [2.45, 2.75) is 36.1 Å². The third-order valence-electron chi connectivity index (χ3n) is 5.08. The molecule has 1 aliphatic carbocycles. The lowest BCUT2D eigenvalue weighted by Crippen LogP contribution is -2.50. The van der Waals surface area contributed by atoms with Gasteiger partial charge in [0.05, 0.1) is 15.9 Å². The number of nitro groups is 1. The van der Waals surface area contributed by atoms with E-state index >= 15 is 0 Å². The van der Waals surface area contributed by atoms with Crippen molar-refractivity contribution < 1.29 is 27.6 Å². The van der Waals surface area contributed by atoms with Crippen molar-refractivity contribution in [2.75, 3.05) is 0 Å². The first kappa shape index (κ1) is 20.0. The van der Waals surface area contributed by atoms with Gasteiger partial charge in [-0.2, -0.15) is 4.31 Å². The lowest BCUT2D eigenvalue weighted by Gasteiger charge is -2.35. The Morgan fingerprint density at radius 2 is 1.77 bits per heavy atom. The van der Waals surface area contributed by atoms with E-state index in [1.807, 2.05) is 6.07 Å². The third-order valence-corrected chi connectivity index (χ3v) is 6.96. The minimum Gasteiger partial charge on any atom is -0.425 e. The average Bonchev–Trinajstić information content (AvgIpc) is 3.13. The normalized spacial score (nSPS) is 23.0. The van der Waals surface area contributed by atoms with Crippen molar-refractivity contribution in [3.05, 3.63) is 82.4 Å². The van der Waals surface area contributed by atoms with Crippen LogP contribution in [0.2, 0.25) is 0 Å². The third kappa shape index (κ3) is 3.79. The Kier molecular flexibility index (Phi) is 5.27. The Hall–Kier alpha value is -3.24. The second-order valence-corrected chi connectivity index (χ2v) is 8.82. The number of sulfonamides is 1. The number of rotatable bonds is 6. The number of hydrogen-bond acceptors (Lipinski definition) is 7. The van der Waals surface area contributed by atoms with Crippen molar-refractivity contribution in [1.29, 1.82) is 0 Å². The number of nitrogens with zero attached hydrogens (tertiary/aromatic N) is 2. The molecule has 0 radical (unpaired) electrons. The fourth-order valence-corrected chi connectivity index (χ4v) is 5.25. The smallest absolute Gasteiger partial charge is 0.425 e. The molecule has 1 aliphatic heterocycles. The molecular weight excluding hydrogens is 412 g/mol. The van der Waals surface area contributed by atoms with E-state index in [1.54, 1.807) is 36.4 Å². The van der Waals surface area contributed by atoms with E-state index in [0.717, 1.165) is 17.7 Å². The van der Waals surface area contributed by atoms with Gasteiger partial charge in [-0.05, 0) is 30.2 Å². The lowest BCUT2D eigenvalue weighted by molar-refractivity contribution is -0.384. The van der Waals surface area contributed by atoms with Crippen LogP contribution in [0.1, 0.15) is 12.0 Å². The van der Waals surface area contributed by atoms with Gasteiger partial charge in [0, 0.05) is 18.7 Å². The zero-order chi connectivity index (χ0) is 21.3.